The largest absolute Gasteiger partial charge is 0.507 e. The minimum Gasteiger partial charge on any atom is -0.507 e. The molecule has 0 saturated heterocycles. The smallest absolute Gasteiger partial charge is 0.124 e. The van der Waals surface area contributed by atoms with E-state index in [1.807, 2.05) is 18.2 Å². The maximum Gasteiger partial charge on any atom is 0.124 e. The van der Waals surface area contributed by atoms with Crippen molar-refractivity contribution in [1.82, 2.24) is 20.1 Å². The lowest BCUT2D eigenvalue weighted by molar-refractivity contribution is 0.241. The van der Waals surface area contributed by atoms with Crippen molar-refractivity contribution in [2.45, 2.75) is 33.5 Å². The van der Waals surface area contributed by atoms with Crippen LogP contribution in [-0.2, 0) is 19.6 Å². The number of aromatic hydroxyl groups is 1. The molecule has 2 aromatic rings. The predicted molar refractivity (Wildman–Crippen MR) is 107 cm³/mol. The molecule has 0 radical (unpaired) electrons. The first-order valence-electron chi connectivity index (χ1n) is 9.28. The van der Waals surface area contributed by atoms with E-state index in [0.29, 0.717) is 18.8 Å². The van der Waals surface area contributed by atoms with Crippen LogP contribution < -0.4 is 5.32 Å². The van der Waals surface area contributed by atoms with Crippen LogP contribution in [0.2, 0.25) is 0 Å². The van der Waals surface area contributed by atoms with Gasteiger partial charge in [-0.05, 0) is 39.7 Å². The SMILES string of the molecule is CCN(CCN(C)C)Cc1cc(C)cc(CNCc2ccccn2)c1O. The Morgan fingerprint density at radius 2 is 1.85 bits per heavy atom. The number of benzene rings is 1. The average molecular weight is 357 g/mol. The average Bonchev–Trinajstić information content (AvgIpc) is 2.62. The molecule has 0 unspecified atom stereocenters. The van der Waals surface area contributed by atoms with Gasteiger partial charge in [-0.25, -0.2) is 0 Å². The minimum absolute atomic E-state index is 0.410. The van der Waals surface area contributed by atoms with Crippen LogP contribution in [-0.4, -0.2) is 53.6 Å². The molecule has 0 saturated carbocycles. The zero-order valence-corrected chi connectivity index (χ0v) is 16.5. The molecule has 5 heteroatoms. The molecule has 0 spiro atoms. The number of rotatable bonds is 10. The molecular weight excluding hydrogens is 324 g/mol. The molecule has 0 bridgehead atoms. The van der Waals surface area contributed by atoms with Crippen LogP contribution in [0.25, 0.3) is 0 Å². The molecule has 1 aromatic carbocycles. The first kappa shape index (κ1) is 20.4. The summed E-state index contributed by atoms with van der Waals surface area (Å²) in [5.41, 5.74) is 4.12. The van der Waals surface area contributed by atoms with Crippen LogP contribution >= 0.6 is 0 Å². The van der Waals surface area contributed by atoms with Gasteiger partial charge in [0, 0.05) is 50.0 Å². The van der Waals surface area contributed by atoms with Crippen molar-refractivity contribution in [3.8, 4) is 5.75 Å². The van der Waals surface area contributed by atoms with E-state index in [0.717, 1.165) is 43.0 Å². The van der Waals surface area contributed by atoms with Gasteiger partial charge in [0.05, 0.1) is 5.69 Å². The van der Waals surface area contributed by atoms with Crippen LogP contribution in [0.5, 0.6) is 5.75 Å². The summed E-state index contributed by atoms with van der Waals surface area (Å²) in [4.78, 5) is 8.86. The number of nitrogens with zero attached hydrogens (tertiary/aromatic N) is 3. The van der Waals surface area contributed by atoms with E-state index in [9.17, 15) is 5.11 Å². The van der Waals surface area contributed by atoms with Crippen LogP contribution in [0.1, 0.15) is 29.3 Å². The van der Waals surface area contributed by atoms with Crippen molar-refractivity contribution in [3.63, 3.8) is 0 Å². The lowest BCUT2D eigenvalue weighted by atomic mass is 10.0. The Morgan fingerprint density at radius 3 is 2.50 bits per heavy atom. The fraction of sp³-hybridized carbons (Fsp3) is 0.476. The highest BCUT2D eigenvalue weighted by Crippen LogP contribution is 2.26. The molecule has 0 amide bonds. The Morgan fingerprint density at radius 1 is 1.08 bits per heavy atom. The first-order chi connectivity index (χ1) is 12.5. The summed E-state index contributed by atoms with van der Waals surface area (Å²) in [5.74, 6) is 0.410. The normalized spacial score (nSPS) is 11.5. The quantitative estimate of drug-likeness (QED) is 0.686. The number of hydrogen-bond donors (Lipinski definition) is 2. The van der Waals surface area contributed by atoms with Gasteiger partial charge in [-0.3, -0.25) is 9.88 Å². The maximum atomic E-state index is 10.7. The summed E-state index contributed by atoms with van der Waals surface area (Å²) in [6.45, 7) is 9.30. The Kier molecular flexibility index (Phi) is 8.04. The predicted octanol–water partition coefficient (Wildman–Crippen LogP) is 2.77. The number of phenols is 1. The summed E-state index contributed by atoms with van der Waals surface area (Å²) < 4.78 is 0. The van der Waals surface area contributed by atoms with Crippen molar-refractivity contribution in [2.75, 3.05) is 33.7 Å². The molecule has 0 aliphatic rings. The van der Waals surface area contributed by atoms with Gasteiger partial charge in [-0.15, -0.1) is 0 Å². The van der Waals surface area contributed by atoms with Crippen molar-refractivity contribution < 1.29 is 5.11 Å². The van der Waals surface area contributed by atoms with Gasteiger partial charge in [0.2, 0.25) is 0 Å². The highest BCUT2D eigenvalue weighted by Gasteiger charge is 2.12. The lowest BCUT2D eigenvalue weighted by Gasteiger charge is -2.24. The van der Waals surface area contributed by atoms with Crippen molar-refractivity contribution in [2.24, 2.45) is 0 Å². The van der Waals surface area contributed by atoms with Gasteiger partial charge in [0.25, 0.3) is 0 Å². The Balaban J connectivity index is 2.01. The van der Waals surface area contributed by atoms with Gasteiger partial charge in [0.15, 0.2) is 0 Å². The van der Waals surface area contributed by atoms with Gasteiger partial charge in [-0.1, -0.05) is 30.7 Å². The second kappa shape index (κ2) is 10.3. The van der Waals surface area contributed by atoms with Crippen LogP contribution in [0, 0.1) is 6.92 Å². The summed E-state index contributed by atoms with van der Waals surface area (Å²) >= 11 is 0. The minimum atomic E-state index is 0.410. The van der Waals surface area contributed by atoms with E-state index >= 15 is 0 Å². The highest BCUT2D eigenvalue weighted by molar-refractivity contribution is 5.43. The molecule has 0 aliphatic heterocycles. The number of aromatic nitrogens is 1. The Labute approximate surface area is 157 Å². The molecule has 0 aliphatic carbocycles. The second-order valence-corrected chi connectivity index (χ2v) is 7.03. The summed E-state index contributed by atoms with van der Waals surface area (Å²) in [6, 6.07) is 10.0. The monoisotopic (exact) mass is 356 g/mol. The fourth-order valence-electron chi connectivity index (χ4n) is 2.95. The van der Waals surface area contributed by atoms with Gasteiger partial charge in [-0.2, -0.15) is 0 Å². The number of hydrogen-bond acceptors (Lipinski definition) is 5. The van der Waals surface area contributed by atoms with E-state index in [4.69, 9.17) is 0 Å². The number of phenolic OH excluding ortho intramolecular Hbond substituents is 1. The summed E-state index contributed by atoms with van der Waals surface area (Å²) in [7, 11) is 4.17. The second-order valence-electron chi connectivity index (χ2n) is 7.03. The molecular formula is C21H32N4O. The van der Waals surface area contributed by atoms with Crippen LogP contribution in [0.15, 0.2) is 36.5 Å². The number of nitrogens with one attached hydrogen (secondary N) is 1. The summed E-state index contributed by atoms with van der Waals surface area (Å²) in [6.07, 6.45) is 1.80. The van der Waals surface area contributed by atoms with Crippen LogP contribution in [0.4, 0.5) is 0 Å². The molecule has 5 nitrogen and oxygen atoms in total. The van der Waals surface area contributed by atoms with Crippen molar-refractivity contribution in [1.29, 1.82) is 0 Å². The highest BCUT2D eigenvalue weighted by atomic mass is 16.3. The third kappa shape index (κ3) is 6.41. The van der Waals surface area contributed by atoms with E-state index < -0.39 is 0 Å². The number of likely N-dealkylation sites (N-methyl/N-ethyl adjacent to an activating group) is 2. The molecule has 1 heterocycles. The van der Waals surface area contributed by atoms with Gasteiger partial charge >= 0.3 is 0 Å². The molecule has 0 atom stereocenters. The zero-order valence-electron chi connectivity index (χ0n) is 16.5. The molecule has 142 valence electrons. The molecule has 26 heavy (non-hydrogen) atoms. The molecule has 1 aromatic heterocycles. The topological polar surface area (TPSA) is 51.6 Å². The van der Waals surface area contributed by atoms with E-state index in [-0.39, 0.29) is 0 Å². The first-order valence-corrected chi connectivity index (χ1v) is 9.28. The van der Waals surface area contributed by atoms with Gasteiger partial charge < -0.3 is 15.3 Å². The van der Waals surface area contributed by atoms with E-state index in [2.05, 4.69) is 60.2 Å². The Hall–Kier alpha value is -1.95. The van der Waals surface area contributed by atoms with Crippen molar-refractivity contribution in [3.05, 3.63) is 58.9 Å². The van der Waals surface area contributed by atoms with Gasteiger partial charge in [0.1, 0.15) is 5.75 Å². The standard InChI is InChI=1S/C21H32N4O/c1-5-25(11-10-24(3)4)16-19-13-17(2)12-18(21(19)26)14-22-15-20-8-6-7-9-23-20/h6-9,12-13,22,26H,5,10-11,14-16H2,1-4H3. The van der Waals surface area contributed by atoms with E-state index in [1.165, 1.54) is 5.56 Å². The Bertz CT molecular complexity index is 673. The van der Waals surface area contributed by atoms with Crippen molar-refractivity contribution >= 4 is 0 Å². The third-order valence-corrected chi connectivity index (χ3v) is 4.46. The molecule has 2 N–H and O–H groups in total. The summed E-state index contributed by atoms with van der Waals surface area (Å²) in [5, 5.41) is 14.1. The number of pyridine rings is 1. The maximum absolute atomic E-state index is 10.7. The van der Waals surface area contributed by atoms with Crippen LogP contribution in [0.3, 0.4) is 0 Å². The van der Waals surface area contributed by atoms with E-state index in [1.54, 1.807) is 6.20 Å². The molecule has 2 rings (SSSR count). The number of aryl methyl sites for hydroxylation is 1. The fourth-order valence-corrected chi connectivity index (χ4v) is 2.95. The third-order valence-electron chi connectivity index (χ3n) is 4.46. The zero-order chi connectivity index (χ0) is 18.9. The molecule has 0 fully saturated rings. The lowest BCUT2D eigenvalue weighted by Crippen LogP contribution is -2.31.